The number of benzene rings is 1. The Bertz CT molecular complexity index is 791. The topological polar surface area (TPSA) is 48.1 Å². The van der Waals surface area contributed by atoms with Crippen LogP contribution in [0.3, 0.4) is 0 Å². The smallest absolute Gasteiger partial charge is 0.129 e. The molecule has 0 fully saturated rings. The molecule has 0 aliphatic rings. The summed E-state index contributed by atoms with van der Waals surface area (Å²) in [4.78, 5) is 5.21. The molecule has 110 valence electrons. The van der Waals surface area contributed by atoms with Crippen molar-refractivity contribution in [1.82, 2.24) is 4.98 Å². The van der Waals surface area contributed by atoms with Crippen LogP contribution < -0.4 is 10.5 Å². The number of fused-ring (bicyclic) bond motifs is 3. The molecule has 0 saturated heterocycles. The van der Waals surface area contributed by atoms with Crippen LogP contribution in [0, 0.1) is 6.92 Å². The average Bonchev–Trinajstić information content (AvgIpc) is 3.02. The first kappa shape index (κ1) is 14.7. The zero-order chi connectivity index (χ0) is 14.8. The Labute approximate surface area is 136 Å². The number of hydrogen-bond donors (Lipinski definition) is 1. The van der Waals surface area contributed by atoms with Gasteiger partial charge in [-0.05, 0) is 37.6 Å². The third kappa shape index (κ3) is 3.17. The number of thiazole rings is 1. The second-order valence-electron chi connectivity index (χ2n) is 4.89. The van der Waals surface area contributed by atoms with Crippen LogP contribution in [0.4, 0.5) is 0 Å². The normalized spacial score (nSPS) is 11.3. The van der Waals surface area contributed by atoms with Crippen molar-refractivity contribution in [2.75, 3.05) is 6.61 Å². The van der Waals surface area contributed by atoms with Gasteiger partial charge in [-0.2, -0.15) is 0 Å². The monoisotopic (exact) mass is 336 g/mol. The Morgan fingerprint density at radius 2 is 2.29 bits per heavy atom. The van der Waals surface area contributed by atoms with E-state index in [0.29, 0.717) is 11.6 Å². The van der Waals surface area contributed by atoms with E-state index in [1.54, 1.807) is 22.7 Å². The van der Waals surface area contributed by atoms with E-state index in [4.69, 9.17) is 22.7 Å². The van der Waals surface area contributed by atoms with E-state index in [9.17, 15) is 0 Å². The van der Waals surface area contributed by atoms with Crippen molar-refractivity contribution in [2.45, 2.75) is 26.2 Å². The Hall–Kier alpha value is -1.24. The van der Waals surface area contributed by atoms with Crippen LogP contribution in [-0.4, -0.2) is 16.6 Å². The zero-order valence-corrected chi connectivity index (χ0v) is 14.2. The van der Waals surface area contributed by atoms with Crippen LogP contribution in [0.15, 0.2) is 17.5 Å². The van der Waals surface area contributed by atoms with Gasteiger partial charge in [0, 0.05) is 11.5 Å². The molecule has 2 aromatic heterocycles. The molecule has 0 amide bonds. The fraction of sp³-hybridized carbons (Fsp3) is 0.333. The minimum absolute atomic E-state index is 0.580. The van der Waals surface area contributed by atoms with Crippen molar-refractivity contribution in [2.24, 2.45) is 5.73 Å². The Kier molecular flexibility index (Phi) is 4.37. The molecule has 3 rings (SSSR count). The number of aryl methyl sites for hydroxylation is 1. The van der Waals surface area contributed by atoms with Gasteiger partial charge in [-0.25, -0.2) is 4.98 Å². The number of thiophene rings is 1. The maximum absolute atomic E-state index is 5.98. The number of thiocarbonyl (C=S) groups is 1. The Balaban J connectivity index is 1.80. The van der Waals surface area contributed by atoms with Gasteiger partial charge in [0.05, 0.1) is 31.5 Å². The molecule has 0 radical (unpaired) electrons. The third-order valence-electron chi connectivity index (χ3n) is 3.24. The summed E-state index contributed by atoms with van der Waals surface area (Å²) in [6, 6.07) is 4.22. The molecule has 2 N–H and O–H groups in total. The fourth-order valence-corrected chi connectivity index (χ4v) is 4.27. The standard InChI is InChI=1S/C15H16N2OS3/c1-9-17-14-12(21-9)8-11(10-5-7-20-15(10)14)18-6-3-2-4-13(16)19/h5,7-8H,2-4,6H2,1H3,(H2,16,19). The zero-order valence-electron chi connectivity index (χ0n) is 11.7. The second kappa shape index (κ2) is 6.25. The van der Waals surface area contributed by atoms with Gasteiger partial charge in [0.25, 0.3) is 0 Å². The van der Waals surface area contributed by atoms with Crippen LogP contribution in [-0.2, 0) is 0 Å². The summed E-state index contributed by atoms with van der Waals surface area (Å²) in [5, 5.41) is 4.35. The van der Waals surface area contributed by atoms with Crippen LogP contribution in [0.5, 0.6) is 5.75 Å². The van der Waals surface area contributed by atoms with Crippen LogP contribution in [0.25, 0.3) is 20.3 Å². The van der Waals surface area contributed by atoms with Gasteiger partial charge in [-0.3, -0.25) is 0 Å². The van der Waals surface area contributed by atoms with Crippen LogP contribution >= 0.6 is 34.9 Å². The van der Waals surface area contributed by atoms with Gasteiger partial charge < -0.3 is 10.5 Å². The Morgan fingerprint density at radius 1 is 1.43 bits per heavy atom. The number of nitrogens with two attached hydrogens (primary N) is 1. The summed E-state index contributed by atoms with van der Waals surface area (Å²) in [7, 11) is 0. The first-order valence-electron chi connectivity index (χ1n) is 6.83. The highest BCUT2D eigenvalue weighted by Gasteiger charge is 2.12. The minimum atomic E-state index is 0.580. The molecular formula is C15H16N2OS3. The highest BCUT2D eigenvalue weighted by atomic mass is 32.1. The quantitative estimate of drug-likeness (QED) is 0.525. The Morgan fingerprint density at radius 3 is 3.10 bits per heavy atom. The first-order valence-corrected chi connectivity index (χ1v) is 8.94. The average molecular weight is 337 g/mol. The summed E-state index contributed by atoms with van der Waals surface area (Å²) in [5.41, 5.74) is 6.60. The third-order valence-corrected chi connectivity index (χ3v) is 5.29. The van der Waals surface area contributed by atoms with Crippen molar-refractivity contribution in [3.05, 3.63) is 22.5 Å². The SMILES string of the molecule is Cc1nc2c(cc(OCCCCC(N)=S)c3ccsc32)s1. The molecular weight excluding hydrogens is 320 g/mol. The largest absolute Gasteiger partial charge is 0.493 e. The molecule has 0 spiro atoms. The highest BCUT2D eigenvalue weighted by Crippen LogP contribution is 2.38. The maximum atomic E-state index is 5.98. The molecule has 1 aromatic carbocycles. The molecule has 2 heterocycles. The molecule has 21 heavy (non-hydrogen) atoms. The number of rotatable bonds is 6. The highest BCUT2D eigenvalue weighted by molar-refractivity contribution is 7.80. The van der Waals surface area contributed by atoms with Crippen LogP contribution in [0.2, 0.25) is 0 Å². The summed E-state index contributed by atoms with van der Waals surface area (Å²) in [5.74, 6) is 0.956. The molecule has 3 aromatic rings. The van der Waals surface area contributed by atoms with Crippen molar-refractivity contribution in [3.8, 4) is 5.75 Å². The van der Waals surface area contributed by atoms with Gasteiger partial charge in [0.1, 0.15) is 5.75 Å². The lowest BCUT2D eigenvalue weighted by atomic mass is 10.2. The molecule has 0 aliphatic carbocycles. The second-order valence-corrected chi connectivity index (χ2v) is 7.56. The van der Waals surface area contributed by atoms with Crippen molar-refractivity contribution >= 4 is 60.2 Å². The molecule has 0 aliphatic heterocycles. The summed E-state index contributed by atoms with van der Waals surface area (Å²) < 4.78 is 8.39. The number of hydrogen-bond acceptors (Lipinski definition) is 5. The van der Waals surface area contributed by atoms with E-state index in [1.165, 1.54) is 9.40 Å². The summed E-state index contributed by atoms with van der Waals surface area (Å²) in [6.45, 7) is 2.73. The van der Waals surface area contributed by atoms with Crippen molar-refractivity contribution in [3.63, 3.8) is 0 Å². The van der Waals surface area contributed by atoms with E-state index in [1.807, 2.05) is 6.92 Å². The molecule has 0 saturated carbocycles. The van der Waals surface area contributed by atoms with Gasteiger partial charge in [0.15, 0.2) is 0 Å². The molecule has 0 unspecified atom stereocenters. The van der Waals surface area contributed by atoms with Gasteiger partial charge >= 0.3 is 0 Å². The molecule has 0 atom stereocenters. The van der Waals surface area contributed by atoms with E-state index >= 15 is 0 Å². The predicted molar refractivity (Wildman–Crippen MR) is 95.9 cm³/mol. The number of unbranched alkanes of at least 4 members (excludes halogenated alkanes) is 1. The lowest BCUT2D eigenvalue weighted by Crippen LogP contribution is -2.08. The maximum Gasteiger partial charge on any atom is 0.129 e. The van der Waals surface area contributed by atoms with E-state index < -0.39 is 0 Å². The fourth-order valence-electron chi connectivity index (χ4n) is 2.29. The summed E-state index contributed by atoms with van der Waals surface area (Å²) >= 11 is 8.31. The van der Waals surface area contributed by atoms with Gasteiger partial charge in [-0.1, -0.05) is 12.2 Å². The number of nitrogens with zero attached hydrogens (tertiary/aromatic N) is 1. The number of ether oxygens (including phenoxy) is 1. The first-order chi connectivity index (χ1) is 10.1. The van der Waals surface area contributed by atoms with E-state index in [0.717, 1.165) is 40.9 Å². The molecule has 0 bridgehead atoms. The van der Waals surface area contributed by atoms with Crippen LogP contribution in [0.1, 0.15) is 24.3 Å². The van der Waals surface area contributed by atoms with Crippen molar-refractivity contribution in [1.29, 1.82) is 0 Å². The lowest BCUT2D eigenvalue weighted by molar-refractivity contribution is 0.312. The van der Waals surface area contributed by atoms with Crippen molar-refractivity contribution < 1.29 is 4.74 Å². The van der Waals surface area contributed by atoms with E-state index in [2.05, 4.69) is 22.5 Å². The summed E-state index contributed by atoms with van der Waals surface area (Å²) in [6.07, 6.45) is 2.73. The van der Waals surface area contributed by atoms with Gasteiger partial charge in [-0.15, -0.1) is 22.7 Å². The number of aromatic nitrogens is 1. The lowest BCUT2D eigenvalue weighted by Gasteiger charge is -2.07. The molecule has 6 heteroatoms. The van der Waals surface area contributed by atoms with Gasteiger partial charge in [0.2, 0.25) is 0 Å². The molecule has 3 nitrogen and oxygen atoms in total. The predicted octanol–water partition coefficient (Wildman–Crippen LogP) is 4.65. The van der Waals surface area contributed by atoms with E-state index in [-0.39, 0.29) is 0 Å². The minimum Gasteiger partial charge on any atom is -0.493 e.